The number of amides is 3. The largest absolute Gasteiger partial charge is 0.411 e. The molecule has 12 nitrogen and oxygen atoms in total. The molecule has 3 amide bonds. The Labute approximate surface area is 312 Å². The normalized spacial score (nSPS) is 16.2. The van der Waals surface area contributed by atoms with Crippen LogP contribution in [-0.4, -0.2) is 89.4 Å². The first-order chi connectivity index (χ1) is 24.8. The second-order valence-corrected chi connectivity index (χ2v) is 17.0. The number of aliphatic hydroxyl groups is 1. The molecule has 0 bridgehead atoms. The van der Waals surface area contributed by atoms with Gasteiger partial charge in [0.05, 0.1) is 40.5 Å². The SMILES string of the molecule is CCC(C)C(NC(=O)N(C)Cc1csc(C(C)C)n1)C(=O)N[C@@H](Cc1ccccc1)[C@H](O)CN(CC1CCCC1)S(=O)(=O)c1ccc(/C=N/O)cc1. The summed E-state index contributed by atoms with van der Waals surface area (Å²) in [5.74, 6) is -0.270. The Kier molecular flexibility index (Phi) is 15.2. The predicted molar refractivity (Wildman–Crippen MR) is 204 cm³/mol. The third kappa shape index (κ3) is 11.3. The van der Waals surface area contributed by atoms with Crippen LogP contribution in [0.15, 0.2) is 70.0 Å². The number of carbonyl (C=O) groups excluding carboxylic acids is 2. The van der Waals surface area contributed by atoms with E-state index in [0.29, 0.717) is 12.0 Å². The van der Waals surface area contributed by atoms with Gasteiger partial charge in [0.15, 0.2) is 0 Å². The number of benzene rings is 2. The molecule has 52 heavy (non-hydrogen) atoms. The average molecular weight is 755 g/mol. The summed E-state index contributed by atoms with van der Waals surface area (Å²) in [6.07, 6.45) is 4.60. The average Bonchev–Trinajstić information content (AvgIpc) is 3.83. The molecule has 2 aromatic carbocycles. The van der Waals surface area contributed by atoms with Gasteiger partial charge >= 0.3 is 6.03 Å². The van der Waals surface area contributed by atoms with Crippen molar-refractivity contribution in [3.63, 3.8) is 0 Å². The summed E-state index contributed by atoms with van der Waals surface area (Å²) >= 11 is 1.55. The highest BCUT2D eigenvalue weighted by Crippen LogP contribution is 2.28. The van der Waals surface area contributed by atoms with E-state index in [1.165, 1.54) is 27.6 Å². The zero-order valence-electron chi connectivity index (χ0n) is 30.8. The fourth-order valence-corrected chi connectivity index (χ4v) is 8.73. The number of nitrogens with zero attached hydrogens (tertiary/aromatic N) is 4. The van der Waals surface area contributed by atoms with Crippen LogP contribution in [0.4, 0.5) is 4.79 Å². The Morgan fingerprint density at radius 1 is 1.06 bits per heavy atom. The topological polar surface area (TPSA) is 165 Å². The van der Waals surface area contributed by atoms with Crippen LogP contribution in [0.2, 0.25) is 0 Å². The molecule has 1 fully saturated rings. The number of oxime groups is 1. The van der Waals surface area contributed by atoms with Gasteiger partial charge in [0.25, 0.3) is 0 Å². The molecule has 284 valence electrons. The van der Waals surface area contributed by atoms with Gasteiger partial charge in [-0.05, 0) is 54.4 Å². The fourth-order valence-electron chi connectivity index (χ4n) is 6.37. The van der Waals surface area contributed by atoms with Crippen molar-refractivity contribution in [1.82, 2.24) is 24.8 Å². The molecule has 0 saturated heterocycles. The Morgan fingerprint density at radius 2 is 1.73 bits per heavy atom. The lowest BCUT2D eigenvalue weighted by atomic mass is 9.96. The number of carbonyl (C=O) groups is 2. The van der Waals surface area contributed by atoms with Crippen molar-refractivity contribution in [3.8, 4) is 0 Å². The van der Waals surface area contributed by atoms with Crippen LogP contribution >= 0.6 is 11.3 Å². The molecule has 14 heteroatoms. The zero-order valence-corrected chi connectivity index (χ0v) is 32.4. The van der Waals surface area contributed by atoms with E-state index in [0.717, 1.165) is 41.9 Å². The van der Waals surface area contributed by atoms with E-state index >= 15 is 0 Å². The van der Waals surface area contributed by atoms with Crippen molar-refractivity contribution in [2.75, 3.05) is 20.1 Å². The first kappa shape index (κ1) is 40.9. The van der Waals surface area contributed by atoms with Crippen LogP contribution in [-0.2, 0) is 27.8 Å². The molecule has 2 unspecified atom stereocenters. The summed E-state index contributed by atoms with van der Waals surface area (Å²) in [6, 6.07) is 13.2. The Balaban J connectivity index is 1.56. The van der Waals surface area contributed by atoms with E-state index < -0.39 is 40.1 Å². The number of aromatic nitrogens is 1. The molecule has 0 spiro atoms. The van der Waals surface area contributed by atoms with Crippen LogP contribution in [0.5, 0.6) is 0 Å². The summed E-state index contributed by atoms with van der Waals surface area (Å²) in [7, 11) is -2.39. The highest BCUT2D eigenvalue weighted by Gasteiger charge is 2.35. The second-order valence-electron chi connectivity index (χ2n) is 14.2. The number of thiazole rings is 1. The van der Waals surface area contributed by atoms with Gasteiger partial charge in [-0.3, -0.25) is 4.79 Å². The highest BCUT2D eigenvalue weighted by atomic mass is 32.2. The molecule has 4 N–H and O–H groups in total. The molecule has 4 rings (SSSR count). The molecule has 1 aliphatic carbocycles. The number of sulfonamides is 1. The first-order valence-electron chi connectivity index (χ1n) is 18.1. The van der Waals surface area contributed by atoms with E-state index in [-0.39, 0.29) is 48.7 Å². The van der Waals surface area contributed by atoms with Gasteiger partial charge in [-0.1, -0.05) is 94.6 Å². The van der Waals surface area contributed by atoms with Gasteiger partial charge in [-0.15, -0.1) is 11.3 Å². The number of rotatable bonds is 18. The number of hydrogen-bond donors (Lipinski definition) is 4. The lowest BCUT2D eigenvalue weighted by Crippen LogP contribution is -2.58. The van der Waals surface area contributed by atoms with Crippen molar-refractivity contribution in [3.05, 3.63) is 81.8 Å². The maximum Gasteiger partial charge on any atom is 0.318 e. The van der Waals surface area contributed by atoms with Gasteiger partial charge < -0.3 is 25.8 Å². The van der Waals surface area contributed by atoms with Crippen LogP contribution in [0.25, 0.3) is 0 Å². The molecule has 4 atom stereocenters. The van der Waals surface area contributed by atoms with Crippen LogP contribution < -0.4 is 10.6 Å². The lowest BCUT2D eigenvalue weighted by molar-refractivity contribution is -0.125. The lowest BCUT2D eigenvalue weighted by Gasteiger charge is -2.33. The maximum absolute atomic E-state index is 14.1. The number of nitrogens with one attached hydrogen (secondary N) is 2. The molecule has 0 aliphatic heterocycles. The van der Waals surface area contributed by atoms with Gasteiger partial charge in [-0.25, -0.2) is 18.2 Å². The minimum atomic E-state index is -4.05. The van der Waals surface area contributed by atoms with Crippen molar-refractivity contribution in [1.29, 1.82) is 0 Å². The van der Waals surface area contributed by atoms with Gasteiger partial charge in [0.1, 0.15) is 6.04 Å². The minimum Gasteiger partial charge on any atom is -0.411 e. The van der Waals surface area contributed by atoms with E-state index in [2.05, 4.69) is 34.6 Å². The van der Waals surface area contributed by atoms with Gasteiger partial charge in [-0.2, -0.15) is 4.31 Å². The third-order valence-electron chi connectivity index (χ3n) is 9.73. The number of aliphatic hydroxyl groups excluding tert-OH is 1. The third-order valence-corrected chi connectivity index (χ3v) is 12.8. The van der Waals surface area contributed by atoms with E-state index in [1.807, 2.05) is 49.6 Å². The van der Waals surface area contributed by atoms with Crippen molar-refractivity contribution < 1.29 is 28.3 Å². The predicted octanol–water partition coefficient (Wildman–Crippen LogP) is 5.60. The Hall–Kier alpha value is -3.85. The highest BCUT2D eigenvalue weighted by molar-refractivity contribution is 7.89. The van der Waals surface area contributed by atoms with Gasteiger partial charge in [0.2, 0.25) is 15.9 Å². The smallest absolute Gasteiger partial charge is 0.318 e. The van der Waals surface area contributed by atoms with Crippen LogP contribution in [0, 0.1) is 11.8 Å². The van der Waals surface area contributed by atoms with E-state index in [4.69, 9.17) is 5.21 Å². The van der Waals surface area contributed by atoms with E-state index in [9.17, 15) is 23.1 Å². The summed E-state index contributed by atoms with van der Waals surface area (Å²) in [6.45, 7) is 8.23. The van der Waals surface area contributed by atoms with Crippen molar-refractivity contribution >= 4 is 39.5 Å². The Bertz CT molecular complexity index is 1710. The second kappa shape index (κ2) is 19.3. The molecular formula is C38H54N6O6S2. The first-order valence-corrected chi connectivity index (χ1v) is 20.4. The standard InChI is InChI=1S/C38H54N6O6S2/c1-6-27(4)35(42-38(47)43(5)23-31-25-51-37(40-31)26(2)3)36(46)41-33(20-28-12-8-7-9-13-28)34(45)24-44(22-30-14-10-11-15-30)52(49,50)32-18-16-29(17-19-32)21-39-48/h7-9,12-13,16-19,21,25-27,30,33-35,45,48H,6,10-11,14-15,20,22-24H2,1-5H3,(H,41,46)(H,42,47)/b39-21+/t27?,33-,34+,35?/m0/s1. The number of hydrogen-bond acceptors (Lipinski definition) is 9. The van der Waals surface area contributed by atoms with Crippen molar-refractivity contribution in [2.24, 2.45) is 17.0 Å². The molecule has 1 aliphatic rings. The van der Waals surface area contributed by atoms with Crippen molar-refractivity contribution in [2.45, 2.75) is 102 Å². The molecule has 1 saturated carbocycles. The molecule has 3 aromatic rings. The quantitative estimate of drug-likeness (QED) is 0.0746. The summed E-state index contributed by atoms with van der Waals surface area (Å²) in [4.78, 5) is 33.7. The van der Waals surface area contributed by atoms with Gasteiger partial charge in [0, 0.05) is 31.4 Å². The van der Waals surface area contributed by atoms with Crippen LogP contribution in [0.3, 0.4) is 0 Å². The maximum atomic E-state index is 14.1. The molecule has 0 radical (unpaired) electrons. The minimum absolute atomic E-state index is 0.0539. The fraction of sp³-hybridized carbons (Fsp3) is 0.526. The molecule has 1 aromatic heterocycles. The van der Waals surface area contributed by atoms with Crippen LogP contribution in [0.1, 0.15) is 87.5 Å². The monoisotopic (exact) mass is 754 g/mol. The molecule has 1 heterocycles. The Morgan fingerprint density at radius 3 is 2.33 bits per heavy atom. The summed E-state index contributed by atoms with van der Waals surface area (Å²) < 4.78 is 29.5. The van der Waals surface area contributed by atoms with E-state index in [1.54, 1.807) is 30.5 Å². The molecular weight excluding hydrogens is 701 g/mol. The summed E-state index contributed by atoms with van der Waals surface area (Å²) in [5, 5.41) is 32.6. The number of urea groups is 1. The zero-order chi connectivity index (χ0) is 37.8. The summed E-state index contributed by atoms with van der Waals surface area (Å²) in [5.41, 5.74) is 2.16.